The first-order valence-electron chi connectivity index (χ1n) is 6.35. The normalized spacial score (nSPS) is 13.4. The molecule has 1 aromatic rings. The number of nitrogens with one attached hydrogen (secondary N) is 1. The van der Waals surface area contributed by atoms with Crippen molar-refractivity contribution in [2.75, 3.05) is 13.7 Å². The fraction of sp³-hybridized carbons (Fsp3) is 0.538. The summed E-state index contributed by atoms with van der Waals surface area (Å²) in [5, 5.41) is 8.98. The summed E-state index contributed by atoms with van der Waals surface area (Å²) in [5.74, 6) is -0.631. The van der Waals surface area contributed by atoms with Crippen molar-refractivity contribution in [2.45, 2.75) is 37.3 Å². The maximum Gasteiger partial charge on any atom is 0.240 e. The molecule has 5 nitrogen and oxygen atoms in total. The van der Waals surface area contributed by atoms with Gasteiger partial charge in [-0.2, -0.15) is 0 Å². The Morgan fingerprint density at radius 3 is 2.70 bits per heavy atom. The minimum atomic E-state index is -3.76. The molecule has 0 aliphatic heterocycles. The van der Waals surface area contributed by atoms with Crippen LogP contribution >= 0.6 is 0 Å². The van der Waals surface area contributed by atoms with Crippen LogP contribution in [-0.2, 0) is 21.4 Å². The lowest BCUT2D eigenvalue weighted by atomic mass is 10.2. The molecule has 0 saturated carbocycles. The van der Waals surface area contributed by atoms with Crippen molar-refractivity contribution < 1.29 is 22.7 Å². The number of rotatable bonds is 8. The van der Waals surface area contributed by atoms with Crippen molar-refractivity contribution in [1.29, 1.82) is 0 Å². The summed E-state index contributed by atoms with van der Waals surface area (Å²) >= 11 is 0. The van der Waals surface area contributed by atoms with E-state index in [-0.39, 0.29) is 23.1 Å². The van der Waals surface area contributed by atoms with Crippen LogP contribution in [0.15, 0.2) is 23.1 Å². The van der Waals surface area contributed by atoms with Gasteiger partial charge < -0.3 is 9.84 Å². The predicted octanol–water partition coefficient (Wildman–Crippen LogP) is 1.41. The zero-order valence-corrected chi connectivity index (χ0v) is 12.4. The summed E-state index contributed by atoms with van der Waals surface area (Å²) in [5.41, 5.74) is -0.0494. The van der Waals surface area contributed by atoms with Crippen LogP contribution in [0.4, 0.5) is 4.39 Å². The molecule has 1 atom stereocenters. The van der Waals surface area contributed by atoms with E-state index < -0.39 is 22.4 Å². The summed E-state index contributed by atoms with van der Waals surface area (Å²) < 4.78 is 45.2. The molecule has 114 valence electrons. The molecule has 0 fully saturated rings. The molecule has 7 heteroatoms. The van der Waals surface area contributed by atoms with Crippen molar-refractivity contribution in [3.8, 4) is 0 Å². The lowest BCUT2D eigenvalue weighted by Crippen LogP contribution is -2.37. The summed E-state index contributed by atoms with van der Waals surface area (Å²) in [6.45, 7) is 1.66. The zero-order chi connectivity index (χ0) is 15.2. The van der Waals surface area contributed by atoms with Crippen LogP contribution in [0.5, 0.6) is 0 Å². The minimum absolute atomic E-state index is 0.0494. The first-order valence-corrected chi connectivity index (χ1v) is 7.83. The fourth-order valence-electron chi connectivity index (χ4n) is 1.85. The van der Waals surface area contributed by atoms with E-state index >= 15 is 0 Å². The van der Waals surface area contributed by atoms with Gasteiger partial charge in [-0.15, -0.1) is 0 Å². The van der Waals surface area contributed by atoms with Gasteiger partial charge >= 0.3 is 0 Å². The van der Waals surface area contributed by atoms with Crippen molar-refractivity contribution in [1.82, 2.24) is 4.72 Å². The van der Waals surface area contributed by atoms with Crippen LogP contribution in [0.3, 0.4) is 0 Å². The first-order chi connectivity index (χ1) is 9.44. The largest absolute Gasteiger partial charge is 0.392 e. The number of hydrogen-bond donors (Lipinski definition) is 2. The van der Waals surface area contributed by atoms with Gasteiger partial charge in [0.2, 0.25) is 10.0 Å². The first kappa shape index (κ1) is 17.0. The Morgan fingerprint density at radius 1 is 1.45 bits per heavy atom. The molecular weight excluding hydrogens is 285 g/mol. The Balaban J connectivity index is 2.97. The molecule has 0 amide bonds. The molecular formula is C13H20FNO4S. The highest BCUT2D eigenvalue weighted by atomic mass is 32.2. The molecule has 0 saturated heterocycles. The van der Waals surface area contributed by atoms with Crippen LogP contribution in [0.1, 0.15) is 25.3 Å². The SMILES string of the molecule is CCCC(COC)NS(=O)(=O)c1ccc(F)c(CO)c1. The van der Waals surface area contributed by atoms with Gasteiger partial charge in [0, 0.05) is 18.7 Å². The molecule has 20 heavy (non-hydrogen) atoms. The molecule has 0 bridgehead atoms. The third-order valence-corrected chi connectivity index (χ3v) is 4.34. The van der Waals surface area contributed by atoms with Gasteiger partial charge in [0.1, 0.15) is 5.82 Å². The molecule has 1 aromatic carbocycles. The summed E-state index contributed by atoms with van der Waals surface area (Å²) in [6.07, 6.45) is 1.45. The Kier molecular flexibility index (Phi) is 6.54. The van der Waals surface area contributed by atoms with Crippen molar-refractivity contribution >= 4 is 10.0 Å². The van der Waals surface area contributed by atoms with Crippen molar-refractivity contribution in [2.24, 2.45) is 0 Å². The van der Waals surface area contributed by atoms with Gasteiger partial charge in [-0.3, -0.25) is 0 Å². The van der Waals surface area contributed by atoms with Crippen LogP contribution in [-0.4, -0.2) is 33.3 Å². The van der Waals surface area contributed by atoms with Crippen LogP contribution in [0.25, 0.3) is 0 Å². The molecule has 0 radical (unpaired) electrons. The maximum atomic E-state index is 13.3. The Bertz CT molecular complexity index is 527. The highest BCUT2D eigenvalue weighted by molar-refractivity contribution is 7.89. The van der Waals surface area contributed by atoms with Gasteiger partial charge in [0.05, 0.1) is 18.1 Å². The third-order valence-electron chi connectivity index (χ3n) is 2.82. The molecule has 1 rings (SSSR count). The summed E-state index contributed by atoms with van der Waals surface area (Å²) in [6, 6.07) is 3.00. The molecule has 0 aliphatic carbocycles. The average molecular weight is 305 g/mol. The molecule has 0 aromatic heterocycles. The van der Waals surface area contributed by atoms with E-state index in [0.29, 0.717) is 6.42 Å². The second-order valence-corrected chi connectivity index (χ2v) is 6.19. The summed E-state index contributed by atoms with van der Waals surface area (Å²) in [7, 11) is -2.26. The van der Waals surface area contributed by atoms with Crippen LogP contribution < -0.4 is 4.72 Å². The van der Waals surface area contributed by atoms with Gasteiger partial charge in [-0.25, -0.2) is 17.5 Å². The van der Waals surface area contributed by atoms with Crippen molar-refractivity contribution in [3.05, 3.63) is 29.6 Å². The number of halogens is 1. The Morgan fingerprint density at radius 2 is 2.15 bits per heavy atom. The lowest BCUT2D eigenvalue weighted by Gasteiger charge is -2.17. The van der Waals surface area contributed by atoms with E-state index in [1.165, 1.54) is 13.2 Å². The van der Waals surface area contributed by atoms with Crippen molar-refractivity contribution in [3.63, 3.8) is 0 Å². The number of sulfonamides is 1. The number of ether oxygens (including phenoxy) is 1. The van der Waals surface area contributed by atoms with E-state index in [4.69, 9.17) is 9.84 Å². The zero-order valence-electron chi connectivity index (χ0n) is 11.6. The predicted molar refractivity (Wildman–Crippen MR) is 73.2 cm³/mol. The highest BCUT2D eigenvalue weighted by Gasteiger charge is 2.20. The molecule has 0 heterocycles. The molecule has 2 N–H and O–H groups in total. The maximum absolute atomic E-state index is 13.3. The van der Waals surface area contributed by atoms with Gasteiger partial charge in [0.25, 0.3) is 0 Å². The van der Waals surface area contributed by atoms with Gasteiger partial charge in [0.15, 0.2) is 0 Å². The van der Waals surface area contributed by atoms with E-state index in [1.54, 1.807) is 0 Å². The van der Waals surface area contributed by atoms with Crippen LogP contribution in [0, 0.1) is 5.82 Å². The highest BCUT2D eigenvalue weighted by Crippen LogP contribution is 2.16. The number of aliphatic hydroxyl groups is 1. The summed E-state index contributed by atoms with van der Waals surface area (Å²) in [4.78, 5) is -0.0693. The van der Waals surface area contributed by atoms with E-state index in [2.05, 4.69) is 4.72 Å². The average Bonchev–Trinajstić information content (AvgIpc) is 2.39. The lowest BCUT2D eigenvalue weighted by molar-refractivity contribution is 0.171. The quantitative estimate of drug-likeness (QED) is 0.761. The van der Waals surface area contributed by atoms with E-state index in [9.17, 15) is 12.8 Å². The van der Waals surface area contributed by atoms with E-state index in [1.807, 2.05) is 6.92 Å². The standard InChI is InChI=1S/C13H20FNO4S/c1-3-4-11(9-19-2)15-20(17,18)12-5-6-13(14)10(7-12)8-16/h5-7,11,15-16H,3-4,8-9H2,1-2H3. The number of methoxy groups -OCH3 is 1. The second kappa shape index (κ2) is 7.68. The third kappa shape index (κ3) is 4.52. The molecule has 0 aliphatic rings. The second-order valence-electron chi connectivity index (χ2n) is 4.47. The Hall–Kier alpha value is -1.02. The monoisotopic (exact) mass is 305 g/mol. The number of aliphatic hydroxyl groups excluding tert-OH is 1. The van der Waals surface area contributed by atoms with Gasteiger partial charge in [-0.1, -0.05) is 13.3 Å². The topological polar surface area (TPSA) is 75.6 Å². The van der Waals surface area contributed by atoms with Crippen LogP contribution in [0.2, 0.25) is 0 Å². The molecule has 0 spiro atoms. The van der Waals surface area contributed by atoms with Gasteiger partial charge in [-0.05, 0) is 24.6 Å². The minimum Gasteiger partial charge on any atom is -0.392 e. The number of benzene rings is 1. The fourth-order valence-corrected chi connectivity index (χ4v) is 3.16. The molecule has 1 unspecified atom stereocenters. The number of hydrogen-bond acceptors (Lipinski definition) is 4. The smallest absolute Gasteiger partial charge is 0.240 e. The van der Waals surface area contributed by atoms with E-state index in [0.717, 1.165) is 18.6 Å². The Labute approximate surface area is 118 Å².